The van der Waals surface area contributed by atoms with Gasteiger partial charge >= 0.3 is 12.1 Å². The van der Waals surface area contributed by atoms with Crippen LogP contribution in [0, 0.1) is 5.92 Å². The van der Waals surface area contributed by atoms with Gasteiger partial charge in [-0.1, -0.05) is 13.8 Å². The first-order valence-electron chi connectivity index (χ1n) is 7.69. The summed E-state index contributed by atoms with van der Waals surface area (Å²) in [5, 5.41) is 1.92. The van der Waals surface area contributed by atoms with E-state index in [1.54, 1.807) is 6.07 Å². The summed E-state index contributed by atoms with van der Waals surface area (Å²) in [5.74, 6) is -0.306. The maximum absolute atomic E-state index is 12.1. The lowest BCUT2D eigenvalue weighted by Crippen LogP contribution is -2.39. The molecule has 0 aliphatic carbocycles. The van der Waals surface area contributed by atoms with Crippen LogP contribution in [-0.4, -0.2) is 44.9 Å². The van der Waals surface area contributed by atoms with E-state index in [-0.39, 0.29) is 5.56 Å². The van der Waals surface area contributed by atoms with E-state index >= 15 is 0 Å². The number of hydrogen-bond donors (Lipinski definition) is 1. The third kappa shape index (κ3) is 6.33. The van der Waals surface area contributed by atoms with E-state index in [0.29, 0.717) is 24.0 Å². The van der Waals surface area contributed by atoms with Gasteiger partial charge in [0.1, 0.15) is 0 Å². The number of imide groups is 1. The Kier molecular flexibility index (Phi) is 7.71. The first-order valence-corrected chi connectivity index (χ1v) is 7.69. The number of amides is 2. The highest BCUT2D eigenvalue weighted by atomic mass is 16.6. The number of carbonyl (C=O) groups is 3. The molecule has 0 heterocycles. The molecule has 0 aliphatic rings. The fourth-order valence-corrected chi connectivity index (χ4v) is 1.71. The number of esters is 1. The highest BCUT2D eigenvalue weighted by Gasteiger charge is 2.22. The van der Waals surface area contributed by atoms with Crippen molar-refractivity contribution in [2.24, 2.45) is 5.92 Å². The largest absolute Gasteiger partial charge is 0.493 e. The van der Waals surface area contributed by atoms with Crippen molar-refractivity contribution in [2.45, 2.75) is 26.9 Å². The monoisotopic (exact) mass is 353 g/mol. The maximum atomic E-state index is 12.1. The summed E-state index contributed by atoms with van der Waals surface area (Å²) in [6.07, 6.45) is -2.10. The molecule has 0 fully saturated rings. The van der Waals surface area contributed by atoms with Gasteiger partial charge in [0.05, 0.1) is 26.4 Å². The number of benzene rings is 1. The van der Waals surface area contributed by atoms with Crippen molar-refractivity contribution in [3.8, 4) is 11.5 Å². The molecular weight excluding hydrogens is 330 g/mol. The van der Waals surface area contributed by atoms with Crippen LogP contribution < -0.4 is 14.8 Å². The topological polar surface area (TPSA) is 100 Å². The molecule has 0 spiro atoms. The van der Waals surface area contributed by atoms with Gasteiger partial charge in [0.15, 0.2) is 17.6 Å². The van der Waals surface area contributed by atoms with Crippen molar-refractivity contribution in [3.05, 3.63) is 23.8 Å². The smallest absolute Gasteiger partial charge is 0.413 e. The van der Waals surface area contributed by atoms with Gasteiger partial charge in [-0.05, 0) is 31.0 Å². The summed E-state index contributed by atoms with van der Waals surface area (Å²) in [6.45, 7) is 5.87. The van der Waals surface area contributed by atoms with Gasteiger partial charge < -0.3 is 18.9 Å². The Morgan fingerprint density at radius 2 is 1.76 bits per heavy atom. The van der Waals surface area contributed by atoms with E-state index in [2.05, 4.69) is 4.74 Å². The van der Waals surface area contributed by atoms with Gasteiger partial charge in [0, 0.05) is 0 Å². The molecule has 1 N–H and O–H groups in total. The lowest BCUT2D eigenvalue weighted by Gasteiger charge is -2.15. The van der Waals surface area contributed by atoms with Gasteiger partial charge in [-0.2, -0.15) is 0 Å². The van der Waals surface area contributed by atoms with E-state index in [0.717, 1.165) is 7.11 Å². The van der Waals surface area contributed by atoms with Crippen LogP contribution in [0.15, 0.2) is 18.2 Å². The number of hydrogen-bond acceptors (Lipinski definition) is 7. The summed E-state index contributed by atoms with van der Waals surface area (Å²) in [7, 11) is 2.58. The molecular formula is C17H23NO7. The van der Waals surface area contributed by atoms with Crippen LogP contribution in [0.3, 0.4) is 0 Å². The zero-order chi connectivity index (χ0) is 19.0. The lowest BCUT2D eigenvalue weighted by atomic mass is 10.2. The fraction of sp³-hybridized carbons (Fsp3) is 0.471. The molecule has 8 heteroatoms. The molecule has 8 nitrogen and oxygen atoms in total. The number of methoxy groups -OCH3 is 2. The summed E-state index contributed by atoms with van der Waals surface area (Å²) in [4.78, 5) is 34.8. The third-order valence-electron chi connectivity index (χ3n) is 3.04. The van der Waals surface area contributed by atoms with E-state index in [4.69, 9.17) is 14.2 Å². The van der Waals surface area contributed by atoms with Crippen molar-refractivity contribution in [3.63, 3.8) is 0 Å². The fourth-order valence-electron chi connectivity index (χ4n) is 1.71. The summed E-state index contributed by atoms with van der Waals surface area (Å²) in [5.41, 5.74) is 0.187. The second-order valence-corrected chi connectivity index (χ2v) is 5.60. The molecule has 0 unspecified atom stereocenters. The number of rotatable bonds is 7. The predicted molar refractivity (Wildman–Crippen MR) is 88.8 cm³/mol. The van der Waals surface area contributed by atoms with E-state index < -0.39 is 24.1 Å². The summed E-state index contributed by atoms with van der Waals surface area (Å²) >= 11 is 0. The number of nitrogens with one attached hydrogen (secondary N) is 1. The molecule has 1 aromatic rings. The minimum absolute atomic E-state index is 0.187. The van der Waals surface area contributed by atoms with Crippen LogP contribution in [0.25, 0.3) is 0 Å². The average molecular weight is 353 g/mol. The van der Waals surface area contributed by atoms with E-state index in [1.807, 2.05) is 19.2 Å². The molecule has 0 saturated carbocycles. The van der Waals surface area contributed by atoms with E-state index in [9.17, 15) is 14.4 Å². The molecule has 138 valence electrons. The van der Waals surface area contributed by atoms with Crippen molar-refractivity contribution < 1.29 is 33.3 Å². The van der Waals surface area contributed by atoms with Gasteiger partial charge in [-0.3, -0.25) is 10.1 Å². The Hall–Kier alpha value is -2.77. The van der Waals surface area contributed by atoms with Crippen LogP contribution in [0.1, 0.15) is 31.1 Å². The molecule has 0 aromatic heterocycles. The minimum atomic E-state index is -1.17. The average Bonchev–Trinajstić information content (AvgIpc) is 2.59. The van der Waals surface area contributed by atoms with Gasteiger partial charge in [-0.15, -0.1) is 0 Å². The first-order chi connectivity index (χ1) is 11.8. The number of carbonyl (C=O) groups excluding carboxylic acids is 3. The molecule has 1 aromatic carbocycles. The zero-order valence-corrected chi connectivity index (χ0v) is 15.0. The number of alkyl carbamates (subject to hydrolysis) is 1. The maximum Gasteiger partial charge on any atom is 0.413 e. The van der Waals surface area contributed by atoms with Crippen LogP contribution in [0.2, 0.25) is 0 Å². The Bertz CT molecular complexity index is 627. The Morgan fingerprint density at radius 1 is 1.08 bits per heavy atom. The van der Waals surface area contributed by atoms with Gasteiger partial charge in [-0.25, -0.2) is 9.59 Å². The molecule has 0 aliphatic heterocycles. The Balaban J connectivity index is 2.78. The molecule has 0 bridgehead atoms. The van der Waals surface area contributed by atoms with Crippen LogP contribution in [0.4, 0.5) is 4.79 Å². The van der Waals surface area contributed by atoms with Crippen molar-refractivity contribution in [1.29, 1.82) is 0 Å². The minimum Gasteiger partial charge on any atom is -0.493 e. The Labute approximate surface area is 146 Å². The molecule has 0 saturated heterocycles. The Morgan fingerprint density at radius 3 is 2.32 bits per heavy atom. The van der Waals surface area contributed by atoms with Crippen molar-refractivity contribution in [1.82, 2.24) is 5.32 Å². The SMILES string of the molecule is COC(=O)NC(=O)[C@@H](C)OC(=O)c1ccc(OCC(C)C)c(OC)c1. The standard InChI is InChI=1S/C17H23NO7/c1-10(2)9-24-13-7-6-12(8-14(13)22-4)16(20)25-11(3)15(19)18-17(21)23-5/h6-8,10-11H,9H2,1-5H3,(H,18,19,21)/t11-/m1/s1. The van der Waals surface area contributed by atoms with Gasteiger partial charge in [0.25, 0.3) is 5.91 Å². The molecule has 0 radical (unpaired) electrons. The normalized spacial score (nSPS) is 11.4. The van der Waals surface area contributed by atoms with Crippen molar-refractivity contribution in [2.75, 3.05) is 20.8 Å². The molecule has 1 rings (SSSR count). The predicted octanol–water partition coefficient (Wildman–Crippen LogP) is 2.16. The second kappa shape index (κ2) is 9.51. The number of ether oxygens (including phenoxy) is 4. The van der Waals surface area contributed by atoms with Crippen LogP contribution >= 0.6 is 0 Å². The van der Waals surface area contributed by atoms with E-state index in [1.165, 1.54) is 26.2 Å². The van der Waals surface area contributed by atoms with Crippen LogP contribution in [0.5, 0.6) is 11.5 Å². The summed E-state index contributed by atoms with van der Waals surface area (Å²) < 4.78 is 20.1. The first kappa shape index (κ1) is 20.3. The lowest BCUT2D eigenvalue weighted by molar-refractivity contribution is -0.128. The zero-order valence-electron chi connectivity index (χ0n) is 15.0. The van der Waals surface area contributed by atoms with Crippen molar-refractivity contribution >= 4 is 18.0 Å². The highest BCUT2D eigenvalue weighted by molar-refractivity contribution is 5.97. The summed E-state index contributed by atoms with van der Waals surface area (Å²) in [6, 6.07) is 4.56. The van der Waals surface area contributed by atoms with Crippen LogP contribution in [-0.2, 0) is 14.3 Å². The quantitative estimate of drug-likeness (QED) is 0.750. The molecule has 25 heavy (non-hydrogen) atoms. The molecule has 1 atom stereocenters. The highest BCUT2D eigenvalue weighted by Crippen LogP contribution is 2.28. The van der Waals surface area contributed by atoms with Gasteiger partial charge in [0.2, 0.25) is 0 Å². The second-order valence-electron chi connectivity index (χ2n) is 5.60. The molecule has 2 amide bonds. The third-order valence-corrected chi connectivity index (χ3v) is 3.04.